The number of aliphatic carboxylic acids is 1. The third-order valence-corrected chi connectivity index (χ3v) is 4.45. The van der Waals surface area contributed by atoms with Crippen LogP contribution in [0, 0.1) is 13.8 Å². The normalized spacial score (nSPS) is 11.4. The molecular formula is C20H32O3. The van der Waals surface area contributed by atoms with Crippen LogP contribution in [-0.2, 0) is 11.2 Å². The first kappa shape index (κ1) is 19.5. The molecule has 0 aromatic carbocycles. The highest BCUT2D eigenvalue weighted by molar-refractivity contribution is 5.66. The van der Waals surface area contributed by atoms with Gasteiger partial charge in [0, 0.05) is 12.8 Å². The van der Waals surface area contributed by atoms with Crippen molar-refractivity contribution in [1.29, 1.82) is 0 Å². The summed E-state index contributed by atoms with van der Waals surface area (Å²) in [6, 6.07) is 0. The monoisotopic (exact) mass is 320 g/mol. The molecule has 0 amide bonds. The average molecular weight is 320 g/mol. The second kappa shape index (κ2) is 11.1. The minimum atomic E-state index is -0.675. The highest BCUT2D eigenvalue weighted by Crippen LogP contribution is 2.24. The fourth-order valence-electron chi connectivity index (χ4n) is 2.85. The third kappa shape index (κ3) is 7.54. The predicted molar refractivity (Wildman–Crippen MR) is 95.8 cm³/mol. The summed E-state index contributed by atoms with van der Waals surface area (Å²) in [5, 5.41) is 8.56. The molecule has 0 aliphatic carbocycles. The summed E-state index contributed by atoms with van der Waals surface area (Å²) in [5.41, 5.74) is 2.57. The zero-order valence-electron chi connectivity index (χ0n) is 15.0. The number of unbranched alkanes of at least 4 members (excludes halogenated alkanes) is 7. The van der Waals surface area contributed by atoms with Crippen LogP contribution in [0.2, 0.25) is 0 Å². The molecule has 0 saturated heterocycles. The number of aryl methyl sites for hydroxylation is 1. The topological polar surface area (TPSA) is 50.4 Å². The van der Waals surface area contributed by atoms with Crippen molar-refractivity contribution in [2.75, 3.05) is 0 Å². The van der Waals surface area contributed by atoms with E-state index in [4.69, 9.17) is 9.52 Å². The standard InChI is InChI=1S/C20H32O3/c1-4-13-18-16(2)17(3)19(23-18)14-11-9-7-5-6-8-10-12-15-20(21)22/h4,13H,5-12,14-15H2,1-3H3,(H,21,22)/b13-4+. The minimum absolute atomic E-state index is 0.317. The van der Waals surface area contributed by atoms with E-state index in [-0.39, 0.29) is 0 Å². The van der Waals surface area contributed by atoms with Gasteiger partial charge in [0.05, 0.1) is 0 Å². The summed E-state index contributed by atoms with van der Waals surface area (Å²) in [5.74, 6) is 1.47. The lowest BCUT2D eigenvalue weighted by molar-refractivity contribution is -0.137. The number of rotatable bonds is 12. The first-order valence-electron chi connectivity index (χ1n) is 8.99. The molecule has 0 fully saturated rings. The molecule has 0 unspecified atom stereocenters. The molecule has 130 valence electrons. The molecule has 0 spiro atoms. The van der Waals surface area contributed by atoms with E-state index < -0.39 is 5.97 Å². The second-order valence-electron chi connectivity index (χ2n) is 6.36. The quantitative estimate of drug-likeness (QED) is 0.476. The van der Waals surface area contributed by atoms with Crippen LogP contribution >= 0.6 is 0 Å². The Labute approximate surface area is 140 Å². The summed E-state index contributed by atoms with van der Waals surface area (Å²) in [4.78, 5) is 10.4. The van der Waals surface area contributed by atoms with Gasteiger partial charge in [-0.3, -0.25) is 4.79 Å². The van der Waals surface area contributed by atoms with Crippen LogP contribution < -0.4 is 0 Å². The van der Waals surface area contributed by atoms with E-state index in [0.717, 1.165) is 37.2 Å². The van der Waals surface area contributed by atoms with Gasteiger partial charge in [0.15, 0.2) is 0 Å². The lowest BCUT2D eigenvalue weighted by atomic mass is 10.0. The largest absolute Gasteiger partial charge is 0.481 e. The van der Waals surface area contributed by atoms with Crippen molar-refractivity contribution in [3.05, 3.63) is 28.7 Å². The Hall–Kier alpha value is -1.51. The van der Waals surface area contributed by atoms with Crippen molar-refractivity contribution in [1.82, 2.24) is 0 Å². The van der Waals surface area contributed by atoms with Crippen LogP contribution in [0.15, 0.2) is 10.5 Å². The maximum atomic E-state index is 10.4. The zero-order chi connectivity index (χ0) is 17.1. The fourth-order valence-corrected chi connectivity index (χ4v) is 2.85. The van der Waals surface area contributed by atoms with Gasteiger partial charge < -0.3 is 9.52 Å². The molecule has 0 bridgehead atoms. The number of carbonyl (C=O) groups is 1. The van der Waals surface area contributed by atoms with E-state index in [2.05, 4.69) is 13.8 Å². The second-order valence-corrected chi connectivity index (χ2v) is 6.36. The molecule has 1 rings (SSSR count). The van der Waals surface area contributed by atoms with Gasteiger partial charge in [0.25, 0.3) is 0 Å². The van der Waals surface area contributed by atoms with Crippen molar-refractivity contribution in [2.24, 2.45) is 0 Å². The van der Waals surface area contributed by atoms with Crippen molar-refractivity contribution in [2.45, 2.75) is 85.0 Å². The molecule has 0 radical (unpaired) electrons. The summed E-state index contributed by atoms with van der Waals surface area (Å²) in [6.07, 6.45) is 14.6. The molecule has 3 nitrogen and oxygen atoms in total. The minimum Gasteiger partial charge on any atom is -0.481 e. The van der Waals surface area contributed by atoms with Crippen LogP contribution in [0.5, 0.6) is 0 Å². The molecule has 0 aliphatic heterocycles. The summed E-state index contributed by atoms with van der Waals surface area (Å²) < 4.78 is 5.94. The Kier molecular flexibility index (Phi) is 9.42. The molecule has 0 aliphatic rings. The Morgan fingerprint density at radius 1 is 0.957 bits per heavy atom. The van der Waals surface area contributed by atoms with Gasteiger partial charge in [-0.15, -0.1) is 0 Å². The number of furan rings is 1. The van der Waals surface area contributed by atoms with E-state index >= 15 is 0 Å². The van der Waals surface area contributed by atoms with Gasteiger partial charge in [-0.25, -0.2) is 0 Å². The van der Waals surface area contributed by atoms with Crippen molar-refractivity contribution < 1.29 is 14.3 Å². The molecule has 1 N–H and O–H groups in total. The summed E-state index contributed by atoms with van der Waals surface area (Å²) in [7, 11) is 0. The highest BCUT2D eigenvalue weighted by Gasteiger charge is 2.10. The number of hydrogen-bond donors (Lipinski definition) is 1. The average Bonchev–Trinajstić information content (AvgIpc) is 2.77. The van der Waals surface area contributed by atoms with Gasteiger partial charge in [-0.05, 0) is 50.8 Å². The maximum absolute atomic E-state index is 10.4. The van der Waals surface area contributed by atoms with E-state index in [1.165, 1.54) is 43.2 Å². The molecule has 1 aromatic heterocycles. The van der Waals surface area contributed by atoms with Gasteiger partial charge in [-0.1, -0.05) is 44.6 Å². The summed E-state index contributed by atoms with van der Waals surface area (Å²) >= 11 is 0. The highest BCUT2D eigenvalue weighted by atomic mass is 16.4. The lowest BCUT2D eigenvalue weighted by Crippen LogP contribution is -1.93. The maximum Gasteiger partial charge on any atom is 0.303 e. The van der Waals surface area contributed by atoms with Crippen LogP contribution in [0.25, 0.3) is 6.08 Å². The number of carboxylic acid groups (broad SMARTS) is 1. The summed E-state index contributed by atoms with van der Waals surface area (Å²) in [6.45, 7) is 6.29. The molecule has 23 heavy (non-hydrogen) atoms. The van der Waals surface area contributed by atoms with E-state index in [1.54, 1.807) is 0 Å². The van der Waals surface area contributed by atoms with Gasteiger partial charge in [0.2, 0.25) is 0 Å². The number of carboxylic acids is 1. The van der Waals surface area contributed by atoms with Crippen LogP contribution in [0.4, 0.5) is 0 Å². The van der Waals surface area contributed by atoms with Crippen LogP contribution in [0.1, 0.15) is 87.4 Å². The number of hydrogen-bond acceptors (Lipinski definition) is 2. The molecule has 1 heterocycles. The molecule has 1 aromatic rings. The first-order valence-corrected chi connectivity index (χ1v) is 8.99. The van der Waals surface area contributed by atoms with Crippen molar-refractivity contribution >= 4 is 12.0 Å². The van der Waals surface area contributed by atoms with Crippen LogP contribution in [0.3, 0.4) is 0 Å². The number of allylic oxidation sites excluding steroid dienone is 1. The molecule has 0 saturated carbocycles. The van der Waals surface area contributed by atoms with E-state index in [9.17, 15) is 4.79 Å². The Morgan fingerprint density at radius 2 is 1.52 bits per heavy atom. The molecule has 0 atom stereocenters. The SMILES string of the molecule is C/C=C/c1oc(CCCCCCCCCCC(=O)O)c(C)c1C. The van der Waals surface area contributed by atoms with E-state index in [1.807, 2.05) is 19.1 Å². The first-order chi connectivity index (χ1) is 11.1. The zero-order valence-corrected chi connectivity index (χ0v) is 15.0. The predicted octanol–water partition coefficient (Wildman–Crippen LogP) is 6.07. The van der Waals surface area contributed by atoms with E-state index in [0.29, 0.717) is 6.42 Å². The lowest BCUT2D eigenvalue weighted by Gasteiger charge is -2.02. The smallest absolute Gasteiger partial charge is 0.303 e. The molecular weight excluding hydrogens is 288 g/mol. The Morgan fingerprint density at radius 3 is 2.09 bits per heavy atom. The molecule has 3 heteroatoms. The van der Waals surface area contributed by atoms with Crippen molar-refractivity contribution in [3.63, 3.8) is 0 Å². The van der Waals surface area contributed by atoms with Gasteiger partial charge in [0.1, 0.15) is 11.5 Å². The Balaban J connectivity index is 2.09. The van der Waals surface area contributed by atoms with Crippen LogP contribution in [-0.4, -0.2) is 11.1 Å². The van der Waals surface area contributed by atoms with Gasteiger partial charge >= 0.3 is 5.97 Å². The third-order valence-electron chi connectivity index (χ3n) is 4.45. The fraction of sp³-hybridized carbons (Fsp3) is 0.650. The Bertz CT molecular complexity index is 497. The van der Waals surface area contributed by atoms with Crippen molar-refractivity contribution in [3.8, 4) is 0 Å². The van der Waals surface area contributed by atoms with Gasteiger partial charge in [-0.2, -0.15) is 0 Å².